The van der Waals surface area contributed by atoms with Gasteiger partial charge in [-0.15, -0.1) is 0 Å². The van der Waals surface area contributed by atoms with Crippen molar-refractivity contribution in [2.75, 3.05) is 39.6 Å². The van der Waals surface area contributed by atoms with Crippen LogP contribution in [0.25, 0.3) is 0 Å². The minimum absolute atomic E-state index is 0.193. The van der Waals surface area contributed by atoms with E-state index in [0.717, 1.165) is 19.3 Å². The van der Waals surface area contributed by atoms with Gasteiger partial charge in [-0.05, 0) is 13.3 Å². The van der Waals surface area contributed by atoms with Crippen molar-refractivity contribution < 1.29 is 28.8 Å². The Hall–Kier alpha value is -0.690. The zero-order chi connectivity index (χ0) is 15.8. The van der Waals surface area contributed by atoms with Gasteiger partial charge in [-0.2, -0.15) is 0 Å². The maximum Gasteiger partial charge on any atom is 0.361 e. The summed E-state index contributed by atoms with van der Waals surface area (Å²) in [5, 5.41) is 8.98. The van der Waals surface area contributed by atoms with Crippen molar-refractivity contribution in [1.29, 1.82) is 0 Å². The smallest absolute Gasteiger partial charge is 0.361 e. The van der Waals surface area contributed by atoms with Crippen LogP contribution >= 0.6 is 0 Å². The molecule has 1 N–H and O–H groups in total. The van der Waals surface area contributed by atoms with Gasteiger partial charge in [0, 0.05) is 6.61 Å². The number of carboxylic acids is 1. The molecular weight excluding hydrogens is 276 g/mol. The number of aliphatic carboxylic acids is 1. The lowest BCUT2D eigenvalue weighted by atomic mass is 10.2. The molecule has 0 radical (unpaired) electrons. The first-order valence-corrected chi connectivity index (χ1v) is 7.83. The molecule has 0 saturated heterocycles. The number of carbonyl (C=O) groups is 1. The third-order valence-corrected chi connectivity index (χ3v) is 2.79. The highest BCUT2D eigenvalue weighted by Gasteiger charge is 2.18. The molecule has 21 heavy (non-hydrogen) atoms. The molecule has 0 saturated carbocycles. The van der Waals surface area contributed by atoms with Crippen LogP contribution in [-0.2, 0) is 23.7 Å². The average Bonchev–Trinajstić information content (AvgIpc) is 2.47. The number of rotatable bonds is 16. The van der Waals surface area contributed by atoms with Gasteiger partial charge in [-0.1, -0.05) is 32.6 Å². The third kappa shape index (κ3) is 14.0. The zero-order valence-electron chi connectivity index (χ0n) is 13.3. The normalized spacial score (nSPS) is 12.5. The summed E-state index contributed by atoms with van der Waals surface area (Å²) in [6.45, 7) is 6.68. The maximum atomic E-state index is 11.0. The van der Waals surface area contributed by atoms with Crippen LogP contribution in [0.2, 0.25) is 0 Å². The third-order valence-electron chi connectivity index (χ3n) is 2.79. The van der Waals surface area contributed by atoms with Gasteiger partial charge in [0.25, 0.3) is 6.29 Å². The molecule has 0 aromatic heterocycles. The monoisotopic (exact) mass is 306 g/mol. The summed E-state index contributed by atoms with van der Waals surface area (Å²) in [4.78, 5) is 11.0. The molecule has 0 rings (SSSR count). The van der Waals surface area contributed by atoms with Crippen molar-refractivity contribution in [3.05, 3.63) is 0 Å². The zero-order valence-corrected chi connectivity index (χ0v) is 13.3. The number of hydrogen-bond donors (Lipinski definition) is 1. The summed E-state index contributed by atoms with van der Waals surface area (Å²) in [6, 6.07) is 0. The van der Waals surface area contributed by atoms with Crippen LogP contribution in [0.5, 0.6) is 0 Å². The second-order valence-electron chi connectivity index (χ2n) is 4.64. The highest BCUT2D eigenvalue weighted by atomic mass is 16.7. The Morgan fingerprint density at radius 2 is 1.48 bits per heavy atom. The summed E-state index contributed by atoms with van der Waals surface area (Å²) >= 11 is 0. The first-order valence-electron chi connectivity index (χ1n) is 7.83. The summed E-state index contributed by atoms with van der Waals surface area (Å²) in [7, 11) is 0. The second kappa shape index (κ2) is 15.7. The fraction of sp³-hybridized carbons (Fsp3) is 0.933. The largest absolute Gasteiger partial charge is 0.477 e. The summed E-state index contributed by atoms with van der Waals surface area (Å²) in [5.74, 6) is -1.10. The lowest BCUT2D eigenvalue weighted by Crippen LogP contribution is -2.29. The number of unbranched alkanes of at least 4 members (excludes halogenated alkanes) is 4. The molecule has 6 nitrogen and oxygen atoms in total. The number of hydrogen-bond acceptors (Lipinski definition) is 5. The highest BCUT2D eigenvalue weighted by Crippen LogP contribution is 2.04. The molecule has 0 aromatic rings. The van der Waals surface area contributed by atoms with E-state index in [9.17, 15) is 4.79 Å². The molecule has 1 atom stereocenters. The van der Waals surface area contributed by atoms with E-state index in [2.05, 4.69) is 6.92 Å². The van der Waals surface area contributed by atoms with E-state index in [1.807, 2.05) is 6.92 Å². The first kappa shape index (κ1) is 20.3. The summed E-state index contributed by atoms with van der Waals surface area (Å²) < 4.78 is 20.7. The van der Waals surface area contributed by atoms with Crippen LogP contribution in [0.4, 0.5) is 0 Å². The molecule has 0 aliphatic carbocycles. The van der Waals surface area contributed by atoms with Gasteiger partial charge < -0.3 is 24.1 Å². The Kier molecular flexibility index (Phi) is 15.2. The molecule has 0 fully saturated rings. The Morgan fingerprint density at radius 1 is 0.857 bits per heavy atom. The number of ether oxygens (including phenoxy) is 4. The van der Waals surface area contributed by atoms with Crippen LogP contribution in [0, 0.1) is 0 Å². The van der Waals surface area contributed by atoms with Crippen LogP contribution in [0.1, 0.15) is 46.0 Å². The van der Waals surface area contributed by atoms with E-state index in [0.29, 0.717) is 33.0 Å². The minimum atomic E-state index is -1.20. The molecule has 0 aliphatic heterocycles. The summed E-state index contributed by atoms with van der Waals surface area (Å²) in [6.07, 6.45) is 4.26. The van der Waals surface area contributed by atoms with Gasteiger partial charge in [-0.25, -0.2) is 4.79 Å². The van der Waals surface area contributed by atoms with E-state index < -0.39 is 12.3 Å². The highest BCUT2D eigenvalue weighted by molar-refractivity contribution is 5.70. The Labute approximate surface area is 127 Å². The fourth-order valence-corrected chi connectivity index (χ4v) is 1.67. The molecule has 0 bridgehead atoms. The molecule has 0 aromatic carbocycles. The predicted molar refractivity (Wildman–Crippen MR) is 79.4 cm³/mol. The van der Waals surface area contributed by atoms with Crippen molar-refractivity contribution in [1.82, 2.24) is 0 Å². The summed E-state index contributed by atoms with van der Waals surface area (Å²) in [5.41, 5.74) is 0. The van der Waals surface area contributed by atoms with Crippen molar-refractivity contribution in [3.63, 3.8) is 0 Å². The molecule has 0 amide bonds. The van der Waals surface area contributed by atoms with Crippen LogP contribution < -0.4 is 0 Å². The van der Waals surface area contributed by atoms with Crippen molar-refractivity contribution >= 4 is 5.97 Å². The van der Waals surface area contributed by atoms with E-state index >= 15 is 0 Å². The quantitative estimate of drug-likeness (QED) is 0.349. The SMILES string of the molecule is CCCCCCCOC(OCCOCCOCC)C(=O)O. The van der Waals surface area contributed by atoms with Gasteiger partial charge in [0.15, 0.2) is 0 Å². The van der Waals surface area contributed by atoms with Crippen LogP contribution in [0.3, 0.4) is 0 Å². The minimum Gasteiger partial charge on any atom is -0.477 e. The van der Waals surface area contributed by atoms with E-state index in [1.54, 1.807) is 0 Å². The molecule has 0 aliphatic rings. The van der Waals surface area contributed by atoms with Crippen molar-refractivity contribution in [2.45, 2.75) is 52.2 Å². The van der Waals surface area contributed by atoms with E-state index in [1.165, 1.54) is 12.8 Å². The topological polar surface area (TPSA) is 74.2 Å². The van der Waals surface area contributed by atoms with Crippen molar-refractivity contribution in [3.8, 4) is 0 Å². The lowest BCUT2D eigenvalue weighted by molar-refractivity contribution is -0.192. The molecular formula is C15H30O6. The van der Waals surface area contributed by atoms with Gasteiger partial charge in [0.05, 0.1) is 33.0 Å². The molecule has 0 spiro atoms. The Balaban J connectivity index is 3.52. The Bertz CT molecular complexity index is 234. The Morgan fingerprint density at radius 3 is 2.14 bits per heavy atom. The molecule has 0 heterocycles. The standard InChI is InChI=1S/C15H30O6/c1-3-5-6-7-8-9-20-15(14(16)17)21-13-12-19-11-10-18-4-2/h15H,3-13H2,1-2H3,(H,16,17). The molecule has 126 valence electrons. The lowest BCUT2D eigenvalue weighted by Gasteiger charge is -2.14. The van der Waals surface area contributed by atoms with Gasteiger partial charge in [0.1, 0.15) is 0 Å². The number of carboxylic acid groups (broad SMARTS) is 1. The predicted octanol–water partition coefficient (Wildman–Crippen LogP) is 2.45. The fourth-order valence-electron chi connectivity index (χ4n) is 1.67. The van der Waals surface area contributed by atoms with Gasteiger partial charge in [0.2, 0.25) is 0 Å². The van der Waals surface area contributed by atoms with E-state index in [-0.39, 0.29) is 6.61 Å². The van der Waals surface area contributed by atoms with Crippen molar-refractivity contribution in [2.24, 2.45) is 0 Å². The molecule has 1 unspecified atom stereocenters. The van der Waals surface area contributed by atoms with Crippen LogP contribution in [-0.4, -0.2) is 57.0 Å². The van der Waals surface area contributed by atoms with Crippen LogP contribution in [0.15, 0.2) is 0 Å². The molecule has 6 heteroatoms. The van der Waals surface area contributed by atoms with Gasteiger partial charge >= 0.3 is 5.97 Å². The van der Waals surface area contributed by atoms with E-state index in [4.69, 9.17) is 24.1 Å². The maximum absolute atomic E-state index is 11.0. The second-order valence-corrected chi connectivity index (χ2v) is 4.64. The van der Waals surface area contributed by atoms with Gasteiger partial charge in [-0.3, -0.25) is 0 Å². The first-order chi connectivity index (χ1) is 10.2. The average molecular weight is 306 g/mol.